The maximum Gasteiger partial charge on any atom is 0.150 e. The molecule has 1 aromatic rings. The average molecular weight is 282 g/mol. The fourth-order valence-corrected chi connectivity index (χ4v) is 4.66. The summed E-state index contributed by atoms with van der Waals surface area (Å²) in [6.45, 7) is 2.15. The second kappa shape index (κ2) is 6.03. The number of hydrogen-bond donors (Lipinski definition) is 2. The average Bonchev–Trinajstić information content (AvgIpc) is 2.72. The van der Waals surface area contributed by atoms with Gasteiger partial charge in [0.2, 0.25) is 0 Å². The zero-order valence-electron chi connectivity index (χ0n) is 11.3. The van der Waals surface area contributed by atoms with E-state index in [2.05, 4.69) is 24.5 Å². The van der Waals surface area contributed by atoms with Crippen molar-refractivity contribution in [3.63, 3.8) is 0 Å². The molecule has 1 saturated heterocycles. The molecule has 1 heterocycles. The van der Waals surface area contributed by atoms with Gasteiger partial charge in [-0.25, -0.2) is 8.42 Å². The Hall–Kier alpha value is -0.910. The highest BCUT2D eigenvalue weighted by atomic mass is 32.2. The van der Waals surface area contributed by atoms with Crippen LogP contribution in [-0.4, -0.2) is 19.9 Å². The third-order valence-electron chi connectivity index (χ3n) is 3.77. The van der Waals surface area contributed by atoms with Crippen molar-refractivity contribution < 1.29 is 8.42 Å². The van der Waals surface area contributed by atoms with Crippen LogP contribution in [0.4, 0.5) is 0 Å². The normalized spacial score (nSPS) is 23.4. The second-order valence-electron chi connectivity index (χ2n) is 5.30. The largest absolute Gasteiger partial charge is 0.271 e. The molecule has 2 rings (SSSR count). The quantitative estimate of drug-likeness (QED) is 0.635. The van der Waals surface area contributed by atoms with Gasteiger partial charge in [0.05, 0.1) is 11.5 Å². The number of aryl methyl sites for hydroxylation is 1. The number of benzene rings is 1. The highest BCUT2D eigenvalue weighted by Gasteiger charge is 2.34. The summed E-state index contributed by atoms with van der Waals surface area (Å²) in [7, 11) is -2.87. The molecular formula is C14H22N2O2S. The summed E-state index contributed by atoms with van der Waals surface area (Å²) in [5, 5.41) is 0. The molecular weight excluding hydrogens is 260 g/mol. The minimum atomic E-state index is -2.87. The lowest BCUT2D eigenvalue weighted by atomic mass is 9.91. The second-order valence-corrected chi connectivity index (χ2v) is 7.53. The molecule has 0 amide bonds. The monoisotopic (exact) mass is 282 g/mol. The van der Waals surface area contributed by atoms with E-state index in [4.69, 9.17) is 5.84 Å². The molecule has 106 valence electrons. The zero-order chi connectivity index (χ0) is 13.9. The van der Waals surface area contributed by atoms with Crippen molar-refractivity contribution in [3.8, 4) is 0 Å². The van der Waals surface area contributed by atoms with Crippen molar-refractivity contribution in [2.24, 2.45) is 11.8 Å². The molecule has 3 N–H and O–H groups in total. The molecule has 4 nitrogen and oxygen atoms in total. The summed E-state index contributed by atoms with van der Waals surface area (Å²) in [6.07, 6.45) is 2.82. The van der Waals surface area contributed by atoms with E-state index in [1.165, 1.54) is 5.56 Å². The number of nitrogens with two attached hydrogens (primary N) is 1. The molecule has 0 radical (unpaired) electrons. The molecule has 0 aromatic heterocycles. The van der Waals surface area contributed by atoms with Crippen LogP contribution >= 0.6 is 0 Å². The molecule has 2 unspecified atom stereocenters. The van der Waals surface area contributed by atoms with Gasteiger partial charge in [-0.05, 0) is 29.9 Å². The van der Waals surface area contributed by atoms with Gasteiger partial charge in [0.1, 0.15) is 0 Å². The Morgan fingerprint density at radius 2 is 2.26 bits per heavy atom. The number of hydrogen-bond acceptors (Lipinski definition) is 4. The van der Waals surface area contributed by atoms with Crippen molar-refractivity contribution in [2.45, 2.75) is 32.2 Å². The lowest BCUT2D eigenvalue weighted by Gasteiger charge is -2.22. The van der Waals surface area contributed by atoms with Gasteiger partial charge in [-0.1, -0.05) is 37.6 Å². The van der Waals surface area contributed by atoms with Gasteiger partial charge >= 0.3 is 0 Å². The van der Waals surface area contributed by atoms with Gasteiger partial charge in [0, 0.05) is 6.04 Å². The summed E-state index contributed by atoms with van der Waals surface area (Å²) >= 11 is 0. The molecule has 0 saturated carbocycles. The SMILES string of the molecule is CCCc1cccc(C(NN)C2CCS(=O)(=O)C2)c1. The minimum absolute atomic E-state index is 0.0749. The maximum absolute atomic E-state index is 11.6. The highest BCUT2D eigenvalue weighted by molar-refractivity contribution is 7.91. The third kappa shape index (κ3) is 3.55. The van der Waals surface area contributed by atoms with Gasteiger partial charge in [-0.3, -0.25) is 11.3 Å². The summed E-state index contributed by atoms with van der Waals surface area (Å²) in [6, 6.07) is 8.21. The molecule has 19 heavy (non-hydrogen) atoms. The Morgan fingerprint density at radius 3 is 2.84 bits per heavy atom. The first-order valence-corrected chi connectivity index (χ1v) is 8.63. The fourth-order valence-electron chi connectivity index (χ4n) is 2.82. The van der Waals surface area contributed by atoms with Crippen molar-refractivity contribution in [2.75, 3.05) is 11.5 Å². The number of rotatable bonds is 5. The van der Waals surface area contributed by atoms with Crippen LogP contribution in [0.1, 0.15) is 36.9 Å². The fraction of sp³-hybridized carbons (Fsp3) is 0.571. The van der Waals surface area contributed by atoms with Crippen molar-refractivity contribution in [3.05, 3.63) is 35.4 Å². The van der Waals surface area contributed by atoms with Crippen molar-refractivity contribution in [1.29, 1.82) is 0 Å². The zero-order valence-corrected chi connectivity index (χ0v) is 12.1. The topological polar surface area (TPSA) is 72.2 Å². The van der Waals surface area contributed by atoms with Gasteiger partial charge < -0.3 is 0 Å². The molecule has 0 aliphatic carbocycles. The molecule has 1 aliphatic rings. The first-order valence-electron chi connectivity index (χ1n) is 6.81. The first-order chi connectivity index (χ1) is 9.05. The van der Waals surface area contributed by atoms with E-state index in [1.807, 2.05) is 12.1 Å². The predicted molar refractivity (Wildman–Crippen MR) is 77.3 cm³/mol. The minimum Gasteiger partial charge on any atom is -0.271 e. The van der Waals surface area contributed by atoms with Gasteiger partial charge in [-0.2, -0.15) is 0 Å². The summed E-state index contributed by atoms with van der Waals surface area (Å²) in [4.78, 5) is 0. The van der Waals surface area contributed by atoms with E-state index in [0.29, 0.717) is 6.42 Å². The Bertz CT molecular complexity index is 528. The van der Waals surface area contributed by atoms with Crippen LogP contribution in [-0.2, 0) is 16.3 Å². The third-order valence-corrected chi connectivity index (χ3v) is 5.56. The molecule has 2 atom stereocenters. The lowest BCUT2D eigenvalue weighted by Crippen LogP contribution is -2.34. The van der Waals surface area contributed by atoms with Crippen LogP contribution in [0.25, 0.3) is 0 Å². The van der Waals surface area contributed by atoms with Crippen molar-refractivity contribution in [1.82, 2.24) is 5.43 Å². The predicted octanol–water partition coefficient (Wildman–Crippen LogP) is 1.58. The number of hydrazine groups is 1. The Balaban J connectivity index is 2.20. The Labute approximate surface area is 115 Å². The van der Waals surface area contributed by atoms with Gasteiger partial charge in [-0.15, -0.1) is 0 Å². The standard InChI is InChI=1S/C14H22N2O2S/c1-2-4-11-5-3-6-12(9-11)14(16-15)13-7-8-19(17,18)10-13/h3,5-6,9,13-14,16H,2,4,7-8,10,15H2,1H3. The Morgan fingerprint density at radius 1 is 1.47 bits per heavy atom. The van der Waals surface area contributed by atoms with E-state index in [0.717, 1.165) is 18.4 Å². The van der Waals surface area contributed by atoms with Crippen LogP contribution in [0.5, 0.6) is 0 Å². The summed E-state index contributed by atoms with van der Waals surface area (Å²) < 4.78 is 23.2. The molecule has 5 heteroatoms. The Kier molecular flexibility index (Phi) is 4.60. The van der Waals surface area contributed by atoms with E-state index >= 15 is 0 Å². The van der Waals surface area contributed by atoms with Crippen LogP contribution in [0, 0.1) is 5.92 Å². The number of sulfone groups is 1. The molecule has 0 spiro atoms. The summed E-state index contributed by atoms with van der Waals surface area (Å²) in [5.41, 5.74) is 5.17. The maximum atomic E-state index is 11.6. The molecule has 1 aliphatic heterocycles. The molecule has 1 aromatic carbocycles. The van der Waals surface area contributed by atoms with Crippen molar-refractivity contribution >= 4 is 9.84 Å². The highest BCUT2D eigenvalue weighted by Crippen LogP contribution is 2.31. The van der Waals surface area contributed by atoms with E-state index in [1.54, 1.807) is 0 Å². The first kappa shape index (κ1) is 14.5. The number of nitrogens with one attached hydrogen (secondary N) is 1. The van der Waals surface area contributed by atoms with Crippen LogP contribution in [0.3, 0.4) is 0 Å². The van der Waals surface area contributed by atoms with E-state index in [-0.39, 0.29) is 23.5 Å². The molecule has 0 bridgehead atoms. The summed E-state index contributed by atoms with van der Waals surface area (Å²) in [5.74, 6) is 6.25. The lowest BCUT2D eigenvalue weighted by molar-refractivity contribution is 0.399. The van der Waals surface area contributed by atoms with Gasteiger partial charge in [0.15, 0.2) is 9.84 Å². The van der Waals surface area contributed by atoms with Gasteiger partial charge in [0.25, 0.3) is 0 Å². The van der Waals surface area contributed by atoms with E-state index in [9.17, 15) is 8.42 Å². The van der Waals surface area contributed by atoms with Crippen LogP contribution in [0.2, 0.25) is 0 Å². The van der Waals surface area contributed by atoms with Crippen LogP contribution < -0.4 is 11.3 Å². The molecule has 1 fully saturated rings. The smallest absolute Gasteiger partial charge is 0.150 e. The van der Waals surface area contributed by atoms with Crippen LogP contribution in [0.15, 0.2) is 24.3 Å². The van der Waals surface area contributed by atoms with E-state index < -0.39 is 9.84 Å².